The van der Waals surface area contributed by atoms with Crippen LogP contribution in [0.5, 0.6) is 5.75 Å². The lowest BCUT2D eigenvalue weighted by Gasteiger charge is -2.02. The second-order valence-electron chi connectivity index (χ2n) is 4.55. The molecule has 4 heteroatoms. The predicted octanol–water partition coefficient (Wildman–Crippen LogP) is 2.92. The average molecular weight is 292 g/mol. The van der Waals surface area contributed by atoms with Crippen molar-refractivity contribution in [1.82, 2.24) is 5.32 Å². The lowest BCUT2D eigenvalue weighted by Crippen LogP contribution is -2.20. The molecule has 0 radical (unpaired) electrons. The second-order valence-corrected chi connectivity index (χ2v) is 4.55. The van der Waals surface area contributed by atoms with E-state index in [0.717, 1.165) is 11.1 Å². The summed E-state index contributed by atoms with van der Waals surface area (Å²) in [4.78, 5) is 11.7. The van der Waals surface area contributed by atoms with E-state index in [0.29, 0.717) is 12.3 Å². The highest BCUT2D eigenvalue weighted by atomic mass is 16.5. The number of carbonyl (C=O) groups excluding carboxylic acids is 1. The van der Waals surface area contributed by atoms with Crippen molar-refractivity contribution in [2.24, 2.45) is 0 Å². The zero-order valence-corrected chi connectivity index (χ0v) is 12.0. The van der Waals surface area contributed by atoms with Gasteiger partial charge in [-0.2, -0.15) is 5.26 Å². The summed E-state index contributed by atoms with van der Waals surface area (Å²) in [5.74, 6) is 0.487. The number of nitrogens with one attached hydrogen (secondary N) is 1. The third kappa shape index (κ3) is 5.14. The van der Waals surface area contributed by atoms with Crippen LogP contribution in [0, 0.1) is 11.3 Å². The third-order valence-corrected chi connectivity index (χ3v) is 2.92. The van der Waals surface area contributed by atoms with Crippen LogP contribution in [0.25, 0.3) is 6.08 Å². The zero-order valence-electron chi connectivity index (χ0n) is 12.0. The summed E-state index contributed by atoms with van der Waals surface area (Å²) in [6.07, 6.45) is 3.22. The van der Waals surface area contributed by atoms with Crippen LogP contribution < -0.4 is 10.1 Å². The van der Waals surface area contributed by atoms with E-state index < -0.39 is 0 Å². The molecule has 0 aromatic heterocycles. The lowest BCUT2D eigenvalue weighted by molar-refractivity contribution is -0.116. The number of rotatable bonds is 6. The summed E-state index contributed by atoms with van der Waals surface area (Å²) in [5, 5.41) is 11.3. The van der Waals surface area contributed by atoms with Crippen molar-refractivity contribution in [3.05, 3.63) is 71.8 Å². The largest absolute Gasteiger partial charge is 0.479 e. The van der Waals surface area contributed by atoms with Crippen molar-refractivity contribution in [3.63, 3.8) is 0 Å². The number of nitrogens with zero attached hydrogens (tertiary/aromatic N) is 1. The van der Waals surface area contributed by atoms with Crippen LogP contribution in [0.4, 0.5) is 0 Å². The van der Waals surface area contributed by atoms with Crippen molar-refractivity contribution in [2.45, 2.75) is 6.54 Å². The van der Waals surface area contributed by atoms with Crippen molar-refractivity contribution in [3.8, 4) is 11.8 Å². The summed E-state index contributed by atoms with van der Waals surface area (Å²) in [6, 6.07) is 18.8. The van der Waals surface area contributed by atoms with E-state index in [1.54, 1.807) is 18.2 Å². The molecule has 1 amide bonds. The Morgan fingerprint density at radius 2 is 1.86 bits per heavy atom. The first-order chi connectivity index (χ1) is 10.8. The molecule has 1 N–H and O–H groups in total. The number of carbonyl (C=O) groups is 1. The number of ether oxygens (including phenoxy) is 1. The molecule has 0 unspecified atom stereocenters. The molecular weight excluding hydrogens is 276 g/mol. The van der Waals surface area contributed by atoms with Crippen LogP contribution in [0.2, 0.25) is 0 Å². The van der Waals surface area contributed by atoms with Crippen LogP contribution in [-0.4, -0.2) is 12.5 Å². The normalized spacial score (nSPS) is 10.1. The van der Waals surface area contributed by atoms with E-state index in [2.05, 4.69) is 5.32 Å². The Hall–Kier alpha value is -3.06. The van der Waals surface area contributed by atoms with Crippen LogP contribution in [0.15, 0.2) is 60.7 Å². The number of benzene rings is 2. The van der Waals surface area contributed by atoms with Gasteiger partial charge in [0.25, 0.3) is 0 Å². The molecular formula is C18H16N2O2. The standard InChI is InChI=1S/C18H16N2O2/c19-12-13-22-17-9-6-15(7-10-17)8-11-18(21)20-14-16-4-2-1-3-5-16/h1-11H,13-14H2,(H,20,21)/b11-8+. The first kappa shape index (κ1) is 15.3. The van der Waals surface area contributed by atoms with Crippen molar-refractivity contribution >= 4 is 12.0 Å². The molecule has 4 nitrogen and oxygen atoms in total. The van der Waals surface area contributed by atoms with Gasteiger partial charge in [-0.15, -0.1) is 0 Å². The minimum atomic E-state index is -0.145. The van der Waals surface area contributed by atoms with Gasteiger partial charge in [0.2, 0.25) is 5.91 Å². The zero-order chi connectivity index (χ0) is 15.6. The van der Waals surface area contributed by atoms with Crippen molar-refractivity contribution in [2.75, 3.05) is 6.61 Å². The maximum absolute atomic E-state index is 11.7. The summed E-state index contributed by atoms with van der Waals surface area (Å²) in [5.41, 5.74) is 1.95. The fourth-order valence-electron chi connectivity index (χ4n) is 1.81. The molecule has 2 aromatic carbocycles. The fraction of sp³-hybridized carbons (Fsp3) is 0.111. The van der Waals surface area contributed by atoms with Gasteiger partial charge in [-0.1, -0.05) is 42.5 Å². The van der Waals surface area contributed by atoms with Gasteiger partial charge >= 0.3 is 0 Å². The van der Waals surface area contributed by atoms with Crippen LogP contribution in [-0.2, 0) is 11.3 Å². The van der Waals surface area contributed by atoms with Gasteiger partial charge in [-0.05, 0) is 29.3 Å². The average Bonchev–Trinajstić information content (AvgIpc) is 2.58. The van der Waals surface area contributed by atoms with Gasteiger partial charge in [0.1, 0.15) is 11.8 Å². The molecule has 0 saturated heterocycles. The Balaban J connectivity index is 1.83. The van der Waals surface area contributed by atoms with Gasteiger partial charge in [-0.25, -0.2) is 0 Å². The van der Waals surface area contributed by atoms with Crippen molar-refractivity contribution in [1.29, 1.82) is 5.26 Å². The number of hydrogen-bond donors (Lipinski definition) is 1. The maximum Gasteiger partial charge on any atom is 0.244 e. The molecule has 0 spiro atoms. The van der Waals surface area contributed by atoms with Crippen LogP contribution >= 0.6 is 0 Å². The third-order valence-electron chi connectivity index (χ3n) is 2.92. The van der Waals surface area contributed by atoms with E-state index in [1.165, 1.54) is 6.08 Å². The minimum Gasteiger partial charge on any atom is -0.479 e. The SMILES string of the molecule is N#CCOc1ccc(/C=C/C(=O)NCc2ccccc2)cc1. The number of hydrogen-bond acceptors (Lipinski definition) is 3. The molecule has 2 rings (SSSR count). The molecule has 0 bridgehead atoms. The minimum absolute atomic E-state index is 0.0249. The Kier molecular flexibility index (Phi) is 5.77. The highest BCUT2D eigenvalue weighted by Gasteiger charge is 1.97. The van der Waals surface area contributed by atoms with Gasteiger partial charge in [-0.3, -0.25) is 4.79 Å². The van der Waals surface area contributed by atoms with E-state index >= 15 is 0 Å². The molecule has 22 heavy (non-hydrogen) atoms. The predicted molar refractivity (Wildman–Crippen MR) is 84.9 cm³/mol. The Morgan fingerprint density at radius 3 is 2.55 bits per heavy atom. The van der Waals surface area contributed by atoms with E-state index in [9.17, 15) is 4.79 Å². The Labute approximate surface area is 129 Å². The van der Waals surface area contributed by atoms with Crippen LogP contribution in [0.1, 0.15) is 11.1 Å². The van der Waals surface area contributed by atoms with E-state index in [4.69, 9.17) is 10.00 Å². The van der Waals surface area contributed by atoms with Gasteiger partial charge in [0.15, 0.2) is 6.61 Å². The molecule has 0 saturated carbocycles. The number of amides is 1. The molecule has 110 valence electrons. The maximum atomic E-state index is 11.7. The molecule has 0 aliphatic heterocycles. The molecule has 0 atom stereocenters. The lowest BCUT2D eigenvalue weighted by atomic mass is 10.2. The quantitative estimate of drug-likeness (QED) is 0.833. The van der Waals surface area contributed by atoms with Gasteiger partial charge < -0.3 is 10.1 Å². The summed E-state index contributed by atoms with van der Waals surface area (Å²) in [6.45, 7) is 0.530. The second kappa shape index (κ2) is 8.28. The topological polar surface area (TPSA) is 62.1 Å². The summed E-state index contributed by atoms with van der Waals surface area (Å²) < 4.78 is 5.16. The summed E-state index contributed by atoms with van der Waals surface area (Å²) in [7, 11) is 0. The van der Waals surface area contributed by atoms with Crippen molar-refractivity contribution < 1.29 is 9.53 Å². The summed E-state index contributed by atoms with van der Waals surface area (Å²) >= 11 is 0. The molecule has 2 aromatic rings. The number of nitriles is 1. The van der Waals surface area contributed by atoms with Gasteiger partial charge in [0, 0.05) is 12.6 Å². The molecule has 0 heterocycles. The van der Waals surface area contributed by atoms with Crippen LogP contribution in [0.3, 0.4) is 0 Å². The van der Waals surface area contributed by atoms with E-state index in [1.807, 2.05) is 48.5 Å². The Bertz CT molecular complexity index is 670. The first-order valence-corrected chi connectivity index (χ1v) is 6.87. The molecule has 0 aliphatic rings. The smallest absolute Gasteiger partial charge is 0.244 e. The highest BCUT2D eigenvalue weighted by Crippen LogP contribution is 2.12. The highest BCUT2D eigenvalue weighted by molar-refractivity contribution is 5.91. The Morgan fingerprint density at radius 1 is 1.14 bits per heavy atom. The fourth-order valence-corrected chi connectivity index (χ4v) is 1.81. The monoisotopic (exact) mass is 292 g/mol. The van der Waals surface area contributed by atoms with Gasteiger partial charge in [0.05, 0.1) is 0 Å². The molecule has 0 aliphatic carbocycles. The van der Waals surface area contributed by atoms with E-state index in [-0.39, 0.29) is 12.5 Å². The molecule has 0 fully saturated rings. The first-order valence-electron chi connectivity index (χ1n) is 6.87.